The lowest BCUT2D eigenvalue weighted by Crippen LogP contribution is -2.12. The van der Waals surface area contributed by atoms with Gasteiger partial charge in [-0.1, -0.05) is 17.7 Å². The molecule has 1 atom stereocenters. The van der Waals surface area contributed by atoms with Crippen molar-refractivity contribution in [2.75, 3.05) is 7.11 Å². The highest BCUT2D eigenvalue weighted by molar-refractivity contribution is 7.09. The van der Waals surface area contributed by atoms with Gasteiger partial charge in [0.2, 0.25) is 0 Å². The molecule has 0 fully saturated rings. The molecule has 17 heavy (non-hydrogen) atoms. The smallest absolute Gasteiger partial charge is 0.137 e. The van der Waals surface area contributed by atoms with Gasteiger partial charge in [-0.3, -0.25) is 0 Å². The van der Waals surface area contributed by atoms with Gasteiger partial charge in [-0.05, 0) is 24.6 Å². The fraction of sp³-hybridized carbons (Fsp3) is 0.250. The second-order valence-electron chi connectivity index (χ2n) is 3.66. The van der Waals surface area contributed by atoms with E-state index in [4.69, 9.17) is 22.1 Å². The molecule has 1 aromatic carbocycles. The average molecular weight is 269 g/mol. The van der Waals surface area contributed by atoms with Gasteiger partial charge in [0.15, 0.2) is 0 Å². The van der Waals surface area contributed by atoms with Crippen molar-refractivity contribution >= 4 is 22.9 Å². The maximum atomic E-state index is 6.15. The third kappa shape index (κ3) is 2.60. The first-order chi connectivity index (χ1) is 8.11. The van der Waals surface area contributed by atoms with Crippen molar-refractivity contribution in [2.24, 2.45) is 5.73 Å². The fourth-order valence-electron chi connectivity index (χ4n) is 1.56. The van der Waals surface area contributed by atoms with Crippen LogP contribution in [0, 0.1) is 6.92 Å². The molecular weight excluding hydrogens is 256 g/mol. The van der Waals surface area contributed by atoms with Crippen molar-refractivity contribution in [3.05, 3.63) is 44.9 Å². The van der Waals surface area contributed by atoms with Crippen LogP contribution in [0.2, 0.25) is 5.02 Å². The lowest BCUT2D eigenvalue weighted by atomic mass is 10.1. The van der Waals surface area contributed by atoms with E-state index >= 15 is 0 Å². The molecule has 1 unspecified atom stereocenters. The predicted molar refractivity (Wildman–Crippen MR) is 70.9 cm³/mol. The number of hydrogen-bond donors (Lipinski definition) is 1. The Morgan fingerprint density at radius 2 is 2.24 bits per heavy atom. The van der Waals surface area contributed by atoms with Crippen LogP contribution in [-0.2, 0) is 0 Å². The summed E-state index contributed by atoms with van der Waals surface area (Å²) in [4.78, 5) is 4.38. The quantitative estimate of drug-likeness (QED) is 0.930. The largest absolute Gasteiger partial charge is 0.495 e. The zero-order valence-corrected chi connectivity index (χ0v) is 11.2. The Balaban J connectivity index is 2.34. The second kappa shape index (κ2) is 5.04. The molecule has 0 aliphatic heterocycles. The van der Waals surface area contributed by atoms with Crippen LogP contribution in [0.5, 0.6) is 5.75 Å². The SMILES string of the molecule is COc1cc(C(N)c2csc(C)n2)ccc1Cl. The number of hydrogen-bond acceptors (Lipinski definition) is 4. The maximum Gasteiger partial charge on any atom is 0.137 e. The van der Waals surface area contributed by atoms with Crippen LogP contribution in [0.3, 0.4) is 0 Å². The van der Waals surface area contributed by atoms with E-state index in [1.807, 2.05) is 24.4 Å². The fourth-order valence-corrected chi connectivity index (χ4v) is 2.41. The summed E-state index contributed by atoms with van der Waals surface area (Å²) in [6.45, 7) is 1.96. The highest BCUT2D eigenvalue weighted by atomic mass is 35.5. The summed E-state index contributed by atoms with van der Waals surface area (Å²) in [5.41, 5.74) is 7.96. The van der Waals surface area contributed by atoms with E-state index < -0.39 is 0 Å². The van der Waals surface area contributed by atoms with Crippen molar-refractivity contribution in [3.63, 3.8) is 0 Å². The standard InChI is InChI=1S/C12H13ClN2OS/c1-7-15-10(6-17-7)12(14)8-3-4-9(13)11(5-8)16-2/h3-6,12H,14H2,1-2H3. The number of ether oxygens (including phenoxy) is 1. The minimum Gasteiger partial charge on any atom is -0.495 e. The molecular formula is C12H13ClN2OS. The normalized spacial score (nSPS) is 12.5. The summed E-state index contributed by atoms with van der Waals surface area (Å²) in [6.07, 6.45) is 0. The van der Waals surface area contributed by atoms with Gasteiger partial charge in [-0.25, -0.2) is 4.98 Å². The summed E-state index contributed by atoms with van der Waals surface area (Å²) in [6, 6.07) is 5.28. The first-order valence-electron chi connectivity index (χ1n) is 5.13. The van der Waals surface area contributed by atoms with Gasteiger partial charge < -0.3 is 10.5 Å². The van der Waals surface area contributed by atoms with Crippen LogP contribution in [0.1, 0.15) is 22.3 Å². The number of methoxy groups -OCH3 is 1. The van der Waals surface area contributed by atoms with Gasteiger partial charge in [0.05, 0.1) is 28.9 Å². The lowest BCUT2D eigenvalue weighted by molar-refractivity contribution is 0.414. The van der Waals surface area contributed by atoms with Crippen LogP contribution in [0.4, 0.5) is 0 Å². The summed E-state index contributed by atoms with van der Waals surface area (Å²) >= 11 is 7.56. The molecule has 5 heteroatoms. The molecule has 2 N–H and O–H groups in total. The predicted octanol–water partition coefficient (Wildman–Crippen LogP) is 3.16. The Kier molecular flexibility index (Phi) is 3.66. The van der Waals surface area contributed by atoms with Crippen molar-refractivity contribution < 1.29 is 4.74 Å². The molecule has 1 aromatic heterocycles. The first kappa shape index (κ1) is 12.4. The molecule has 0 aliphatic carbocycles. The molecule has 90 valence electrons. The maximum absolute atomic E-state index is 6.15. The van der Waals surface area contributed by atoms with Crippen molar-refractivity contribution in [2.45, 2.75) is 13.0 Å². The molecule has 0 bridgehead atoms. The van der Waals surface area contributed by atoms with Crippen LogP contribution in [0.25, 0.3) is 0 Å². The van der Waals surface area contributed by atoms with Crippen LogP contribution >= 0.6 is 22.9 Å². The minimum atomic E-state index is -0.244. The van der Waals surface area contributed by atoms with Crippen molar-refractivity contribution in [3.8, 4) is 5.75 Å². The molecule has 0 spiro atoms. The summed E-state index contributed by atoms with van der Waals surface area (Å²) in [7, 11) is 1.59. The van der Waals surface area contributed by atoms with E-state index in [0.29, 0.717) is 10.8 Å². The van der Waals surface area contributed by atoms with Crippen LogP contribution < -0.4 is 10.5 Å². The van der Waals surface area contributed by atoms with Crippen molar-refractivity contribution in [1.82, 2.24) is 4.98 Å². The third-order valence-corrected chi connectivity index (χ3v) is 3.59. The Hall–Kier alpha value is -1.10. The molecule has 0 saturated carbocycles. The number of rotatable bonds is 3. The molecule has 2 aromatic rings. The molecule has 1 heterocycles. The number of nitrogens with zero attached hydrogens (tertiary/aromatic N) is 1. The average Bonchev–Trinajstić information content (AvgIpc) is 2.75. The zero-order chi connectivity index (χ0) is 12.4. The number of halogens is 1. The summed E-state index contributed by atoms with van der Waals surface area (Å²) in [5, 5.41) is 3.57. The van der Waals surface area contributed by atoms with Gasteiger partial charge in [0.25, 0.3) is 0 Å². The van der Waals surface area contributed by atoms with Crippen LogP contribution in [-0.4, -0.2) is 12.1 Å². The lowest BCUT2D eigenvalue weighted by Gasteiger charge is -2.11. The first-order valence-corrected chi connectivity index (χ1v) is 6.38. The number of nitrogens with two attached hydrogens (primary N) is 1. The van der Waals surface area contributed by atoms with E-state index in [1.165, 1.54) is 0 Å². The molecule has 0 saturated heterocycles. The number of aryl methyl sites for hydroxylation is 1. The second-order valence-corrected chi connectivity index (χ2v) is 5.13. The van der Waals surface area contributed by atoms with Crippen molar-refractivity contribution in [1.29, 1.82) is 0 Å². The molecule has 0 aliphatic rings. The van der Waals surface area contributed by atoms with E-state index in [2.05, 4.69) is 4.98 Å². The van der Waals surface area contributed by atoms with Gasteiger partial charge >= 0.3 is 0 Å². The van der Waals surface area contributed by atoms with E-state index in [1.54, 1.807) is 24.5 Å². The highest BCUT2D eigenvalue weighted by Crippen LogP contribution is 2.29. The molecule has 0 radical (unpaired) electrons. The van der Waals surface area contributed by atoms with E-state index in [0.717, 1.165) is 16.3 Å². The van der Waals surface area contributed by atoms with E-state index in [-0.39, 0.29) is 6.04 Å². The number of thiazole rings is 1. The van der Waals surface area contributed by atoms with Gasteiger partial charge in [-0.15, -0.1) is 11.3 Å². The Morgan fingerprint density at radius 1 is 1.47 bits per heavy atom. The Morgan fingerprint density at radius 3 is 2.82 bits per heavy atom. The Labute approximate surface area is 109 Å². The zero-order valence-electron chi connectivity index (χ0n) is 9.61. The molecule has 3 nitrogen and oxygen atoms in total. The van der Waals surface area contributed by atoms with Crippen LogP contribution in [0.15, 0.2) is 23.6 Å². The monoisotopic (exact) mass is 268 g/mol. The van der Waals surface area contributed by atoms with Gasteiger partial charge in [0.1, 0.15) is 5.75 Å². The number of aromatic nitrogens is 1. The van der Waals surface area contributed by atoms with E-state index in [9.17, 15) is 0 Å². The molecule has 0 amide bonds. The Bertz CT molecular complexity index is 527. The summed E-state index contributed by atoms with van der Waals surface area (Å²) in [5.74, 6) is 0.631. The topological polar surface area (TPSA) is 48.1 Å². The van der Waals surface area contributed by atoms with Gasteiger partial charge in [0, 0.05) is 5.38 Å². The number of benzene rings is 1. The molecule has 2 rings (SSSR count). The summed E-state index contributed by atoms with van der Waals surface area (Å²) < 4.78 is 5.17. The van der Waals surface area contributed by atoms with Gasteiger partial charge in [-0.2, -0.15) is 0 Å². The minimum absolute atomic E-state index is 0.244. The third-order valence-electron chi connectivity index (χ3n) is 2.49. The highest BCUT2D eigenvalue weighted by Gasteiger charge is 2.13.